The zero-order valence-corrected chi connectivity index (χ0v) is 20.5. The number of anilines is 2. The fourth-order valence-electron chi connectivity index (χ4n) is 3.87. The number of nitrogens with zero attached hydrogens (tertiary/aromatic N) is 2. The van der Waals surface area contributed by atoms with E-state index >= 15 is 0 Å². The molecular weight excluding hydrogens is 468 g/mol. The highest BCUT2D eigenvalue weighted by Gasteiger charge is 2.25. The summed E-state index contributed by atoms with van der Waals surface area (Å²) in [6.07, 6.45) is 1.87. The Morgan fingerprint density at radius 1 is 1.11 bits per heavy atom. The summed E-state index contributed by atoms with van der Waals surface area (Å²) >= 11 is 0. The van der Waals surface area contributed by atoms with Crippen molar-refractivity contribution < 1.29 is 28.8 Å². The third-order valence-corrected chi connectivity index (χ3v) is 5.94. The number of hydrogen-bond acceptors (Lipinski definition) is 8. The van der Waals surface area contributed by atoms with Crippen molar-refractivity contribution in [1.82, 2.24) is 5.32 Å². The molecular formula is C25H30N4O7. The van der Waals surface area contributed by atoms with Crippen LogP contribution in [0.15, 0.2) is 36.4 Å². The molecule has 2 N–H and O–H groups in total. The minimum absolute atomic E-state index is 0.0343. The van der Waals surface area contributed by atoms with Gasteiger partial charge in [0.05, 0.1) is 29.8 Å². The Kier molecular flexibility index (Phi) is 8.82. The standard InChI is InChI=1S/C25H30N4O7/c1-16-8-10-28(11-9-16)20-6-5-18(13-21(20)29(33)34)25(32)36-15-24(31)26-14-23(30)27-19-12-17(2)4-7-22(19)35-3/h4-7,12-13,16H,8-11,14-15H2,1-3H3,(H,26,31)(H,27,30). The minimum Gasteiger partial charge on any atom is -0.495 e. The number of methoxy groups -OCH3 is 1. The summed E-state index contributed by atoms with van der Waals surface area (Å²) in [6.45, 7) is 4.43. The number of rotatable bonds is 9. The summed E-state index contributed by atoms with van der Waals surface area (Å²) in [7, 11) is 1.48. The van der Waals surface area contributed by atoms with Crippen LogP contribution in [-0.2, 0) is 14.3 Å². The van der Waals surface area contributed by atoms with Crippen LogP contribution in [0.3, 0.4) is 0 Å². The number of benzene rings is 2. The van der Waals surface area contributed by atoms with Crippen molar-refractivity contribution in [3.05, 3.63) is 57.6 Å². The molecule has 0 saturated carbocycles. The number of nitro benzene ring substituents is 1. The summed E-state index contributed by atoms with van der Waals surface area (Å²) in [4.78, 5) is 49.7. The van der Waals surface area contributed by atoms with Gasteiger partial charge in [-0.1, -0.05) is 13.0 Å². The van der Waals surface area contributed by atoms with Gasteiger partial charge in [0.1, 0.15) is 11.4 Å². The molecule has 11 heteroatoms. The van der Waals surface area contributed by atoms with Crippen molar-refractivity contribution in [1.29, 1.82) is 0 Å². The Hall–Kier alpha value is -4.15. The van der Waals surface area contributed by atoms with Crippen LogP contribution >= 0.6 is 0 Å². The van der Waals surface area contributed by atoms with Crippen molar-refractivity contribution in [3.8, 4) is 5.75 Å². The number of nitro groups is 1. The highest BCUT2D eigenvalue weighted by Crippen LogP contribution is 2.32. The van der Waals surface area contributed by atoms with Gasteiger partial charge < -0.3 is 25.0 Å². The zero-order valence-electron chi connectivity index (χ0n) is 20.5. The molecule has 0 radical (unpaired) electrons. The summed E-state index contributed by atoms with van der Waals surface area (Å²) < 4.78 is 10.2. The number of hydrogen-bond donors (Lipinski definition) is 2. The van der Waals surface area contributed by atoms with Gasteiger partial charge in [-0.25, -0.2) is 4.79 Å². The molecule has 1 aliphatic heterocycles. The lowest BCUT2D eigenvalue weighted by atomic mass is 9.98. The summed E-state index contributed by atoms with van der Waals surface area (Å²) in [6, 6.07) is 9.43. The first kappa shape index (κ1) is 26.5. The van der Waals surface area contributed by atoms with Crippen LogP contribution in [-0.4, -0.2) is 56.1 Å². The third-order valence-electron chi connectivity index (χ3n) is 5.94. The molecule has 11 nitrogen and oxygen atoms in total. The van der Waals surface area contributed by atoms with Gasteiger partial charge in [0.2, 0.25) is 5.91 Å². The average molecular weight is 499 g/mol. The van der Waals surface area contributed by atoms with E-state index in [0.29, 0.717) is 36.1 Å². The van der Waals surface area contributed by atoms with Crippen LogP contribution in [0, 0.1) is 23.0 Å². The van der Waals surface area contributed by atoms with E-state index in [1.165, 1.54) is 19.2 Å². The van der Waals surface area contributed by atoms with E-state index < -0.39 is 29.3 Å². The normalized spacial score (nSPS) is 13.6. The number of nitrogens with one attached hydrogen (secondary N) is 2. The maximum Gasteiger partial charge on any atom is 0.338 e. The van der Waals surface area contributed by atoms with Crippen molar-refractivity contribution in [3.63, 3.8) is 0 Å². The monoisotopic (exact) mass is 498 g/mol. The Morgan fingerprint density at radius 2 is 1.83 bits per heavy atom. The van der Waals surface area contributed by atoms with Gasteiger partial charge in [0, 0.05) is 19.2 Å². The van der Waals surface area contributed by atoms with Crippen LogP contribution < -0.4 is 20.3 Å². The maximum atomic E-state index is 12.4. The van der Waals surface area contributed by atoms with Crippen molar-refractivity contribution in [2.75, 3.05) is 43.6 Å². The number of ether oxygens (including phenoxy) is 2. The van der Waals surface area contributed by atoms with Gasteiger partial charge in [-0.15, -0.1) is 0 Å². The quantitative estimate of drug-likeness (QED) is 0.305. The molecule has 0 aliphatic carbocycles. The number of amides is 2. The number of carbonyl (C=O) groups is 3. The molecule has 36 heavy (non-hydrogen) atoms. The van der Waals surface area contributed by atoms with Gasteiger partial charge in [-0.3, -0.25) is 19.7 Å². The third kappa shape index (κ3) is 6.94. The van der Waals surface area contributed by atoms with Crippen molar-refractivity contribution >= 4 is 34.8 Å². The maximum absolute atomic E-state index is 12.4. The predicted molar refractivity (Wildman–Crippen MR) is 133 cm³/mol. The summed E-state index contributed by atoms with van der Waals surface area (Å²) in [5.74, 6) is -1.01. The smallest absolute Gasteiger partial charge is 0.338 e. The first-order valence-electron chi connectivity index (χ1n) is 11.6. The second kappa shape index (κ2) is 12.0. The Morgan fingerprint density at radius 3 is 2.50 bits per heavy atom. The molecule has 1 saturated heterocycles. The van der Waals surface area contributed by atoms with Crippen molar-refractivity contribution in [2.45, 2.75) is 26.7 Å². The highest BCUT2D eigenvalue weighted by atomic mass is 16.6. The van der Waals surface area contributed by atoms with Crippen LogP contribution in [0.1, 0.15) is 35.7 Å². The molecule has 0 aromatic heterocycles. The molecule has 1 aliphatic rings. The first-order chi connectivity index (χ1) is 17.2. The molecule has 0 atom stereocenters. The molecule has 0 bridgehead atoms. The van der Waals surface area contributed by atoms with Gasteiger partial charge in [0.15, 0.2) is 6.61 Å². The molecule has 2 amide bonds. The fourth-order valence-corrected chi connectivity index (χ4v) is 3.87. The SMILES string of the molecule is COc1ccc(C)cc1NC(=O)CNC(=O)COC(=O)c1ccc(N2CCC(C)CC2)c([N+](=O)[O-])c1. The van der Waals surface area contributed by atoms with Crippen molar-refractivity contribution in [2.24, 2.45) is 5.92 Å². The zero-order chi connectivity index (χ0) is 26.2. The summed E-state index contributed by atoms with van der Waals surface area (Å²) in [5.41, 5.74) is 1.62. The molecule has 0 spiro atoms. The Balaban J connectivity index is 1.52. The van der Waals surface area contributed by atoms with Gasteiger partial charge in [-0.2, -0.15) is 0 Å². The van der Waals surface area contributed by atoms with Crippen LogP contribution in [0.25, 0.3) is 0 Å². The molecule has 0 unspecified atom stereocenters. The lowest BCUT2D eigenvalue weighted by molar-refractivity contribution is -0.384. The van der Waals surface area contributed by atoms with E-state index in [-0.39, 0.29) is 17.8 Å². The van der Waals surface area contributed by atoms with Gasteiger partial charge in [0.25, 0.3) is 11.6 Å². The van der Waals surface area contributed by atoms with Crippen LogP contribution in [0.2, 0.25) is 0 Å². The number of esters is 1. The molecule has 1 fully saturated rings. The predicted octanol–water partition coefficient (Wildman–Crippen LogP) is 3.06. The number of piperidine rings is 1. The molecule has 2 aromatic rings. The lowest BCUT2D eigenvalue weighted by Gasteiger charge is -2.31. The molecule has 1 heterocycles. The van der Waals surface area contributed by atoms with E-state index in [1.807, 2.05) is 17.9 Å². The Labute approximate surface area is 208 Å². The minimum atomic E-state index is -0.874. The Bertz CT molecular complexity index is 1140. The highest BCUT2D eigenvalue weighted by molar-refractivity contribution is 5.97. The number of aryl methyl sites for hydroxylation is 1. The second-order valence-corrected chi connectivity index (χ2v) is 8.73. The molecule has 3 rings (SSSR count). The largest absolute Gasteiger partial charge is 0.495 e. The fraction of sp³-hybridized carbons (Fsp3) is 0.400. The van der Waals surface area contributed by atoms with Gasteiger partial charge >= 0.3 is 5.97 Å². The number of carbonyl (C=O) groups excluding carboxylic acids is 3. The van der Waals surface area contributed by atoms with Crippen LogP contribution in [0.4, 0.5) is 17.1 Å². The summed E-state index contributed by atoms with van der Waals surface area (Å²) in [5, 5.41) is 16.6. The van der Waals surface area contributed by atoms with E-state index in [0.717, 1.165) is 24.5 Å². The van der Waals surface area contributed by atoms with E-state index in [2.05, 4.69) is 17.6 Å². The van der Waals surface area contributed by atoms with E-state index in [4.69, 9.17) is 9.47 Å². The average Bonchev–Trinajstić information content (AvgIpc) is 2.86. The van der Waals surface area contributed by atoms with Gasteiger partial charge in [-0.05, 0) is 55.5 Å². The lowest BCUT2D eigenvalue weighted by Crippen LogP contribution is -2.35. The molecule has 192 valence electrons. The topological polar surface area (TPSA) is 140 Å². The van der Waals surface area contributed by atoms with E-state index in [1.54, 1.807) is 12.1 Å². The molecule has 2 aromatic carbocycles. The van der Waals surface area contributed by atoms with Crippen LogP contribution in [0.5, 0.6) is 5.75 Å². The second-order valence-electron chi connectivity index (χ2n) is 8.73. The first-order valence-corrected chi connectivity index (χ1v) is 11.6. The van der Waals surface area contributed by atoms with E-state index in [9.17, 15) is 24.5 Å².